The maximum atomic E-state index is 13.0. The molecule has 0 radical (unpaired) electrons. The molecule has 0 saturated heterocycles. The number of rotatable bonds is 8. The van der Waals surface area contributed by atoms with Crippen LogP contribution in [0, 0.1) is 0 Å². The lowest BCUT2D eigenvalue weighted by Crippen LogP contribution is -2.36. The second-order valence-electron chi connectivity index (χ2n) is 7.39. The van der Waals surface area contributed by atoms with Gasteiger partial charge in [-0.25, -0.2) is 0 Å². The fraction of sp³-hybridized carbons (Fsp3) is 0.333. The molecule has 2 aromatic carbocycles. The predicted octanol–water partition coefficient (Wildman–Crippen LogP) is 3.94. The van der Waals surface area contributed by atoms with Gasteiger partial charge in [0.1, 0.15) is 0 Å². The first-order chi connectivity index (χ1) is 14.3. The van der Waals surface area contributed by atoms with Crippen LogP contribution in [0.25, 0.3) is 0 Å². The topological polar surface area (TPSA) is 90.7 Å². The van der Waals surface area contributed by atoms with Gasteiger partial charge in [0.2, 0.25) is 0 Å². The Hall–Kier alpha value is -2.94. The van der Waals surface area contributed by atoms with E-state index in [-0.39, 0.29) is 28.6 Å². The molecule has 0 saturated carbocycles. The largest absolute Gasteiger partial charge is 0.493 e. The Morgan fingerprint density at radius 3 is 2.35 bits per heavy atom. The van der Waals surface area contributed by atoms with Gasteiger partial charge in [0.25, 0.3) is 11.8 Å². The molecule has 168 valence electrons. The molecule has 2 amide bonds. The number of benzene rings is 2. The quantitative estimate of drug-likeness (QED) is 0.627. The van der Waals surface area contributed by atoms with Gasteiger partial charge in [-0.15, -0.1) is 0 Å². The molecule has 0 aliphatic heterocycles. The van der Waals surface area contributed by atoms with E-state index in [1.807, 2.05) is 0 Å². The number of alkyl halides is 3. The van der Waals surface area contributed by atoms with Crippen molar-refractivity contribution in [1.82, 2.24) is 5.32 Å². The first-order valence-corrected chi connectivity index (χ1v) is 9.47. The average molecular weight is 459 g/mol. The summed E-state index contributed by atoms with van der Waals surface area (Å²) in [5.74, 6) is -1.04. The highest BCUT2D eigenvalue weighted by atomic mass is 35.5. The van der Waals surface area contributed by atoms with E-state index in [1.165, 1.54) is 25.3 Å². The number of carbonyl (C=O) groups is 2. The van der Waals surface area contributed by atoms with Gasteiger partial charge >= 0.3 is 6.18 Å². The molecule has 0 heterocycles. The first kappa shape index (κ1) is 24.3. The van der Waals surface area contributed by atoms with Gasteiger partial charge < -0.3 is 20.5 Å². The van der Waals surface area contributed by atoms with Crippen LogP contribution in [0.15, 0.2) is 36.4 Å². The van der Waals surface area contributed by atoms with Crippen molar-refractivity contribution in [2.24, 2.45) is 5.73 Å². The van der Waals surface area contributed by atoms with Crippen molar-refractivity contribution in [3.8, 4) is 11.5 Å². The van der Waals surface area contributed by atoms with Crippen LogP contribution in [0.5, 0.6) is 11.5 Å². The number of hydrogen-bond donors (Lipinski definition) is 2. The summed E-state index contributed by atoms with van der Waals surface area (Å²) >= 11 is 6.14. The van der Waals surface area contributed by atoms with Crippen LogP contribution >= 0.6 is 11.6 Å². The van der Waals surface area contributed by atoms with E-state index < -0.39 is 35.6 Å². The van der Waals surface area contributed by atoms with Crippen LogP contribution in [0.4, 0.5) is 13.2 Å². The van der Waals surface area contributed by atoms with Gasteiger partial charge in [-0.05, 0) is 23.8 Å². The molecule has 3 N–H and O–H groups in total. The lowest BCUT2D eigenvalue weighted by Gasteiger charge is -2.26. The number of amides is 2. The normalized spacial score (nSPS) is 11.7. The van der Waals surface area contributed by atoms with Crippen molar-refractivity contribution in [1.29, 1.82) is 0 Å². The van der Waals surface area contributed by atoms with Crippen LogP contribution in [0.1, 0.15) is 35.3 Å². The molecule has 0 fully saturated rings. The van der Waals surface area contributed by atoms with E-state index in [2.05, 4.69) is 5.32 Å². The summed E-state index contributed by atoms with van der Waals surface area (Å²) in [5, 5.41) is 2.73. The summed E-state index contributed by atoms with van der Waals surface area (Å²) in [7, 11) is 1.33. The van der Waals surface area contributed by atoms with E-state index in [0.717, 1.165) is 12.1 Å². The molecular formula is C21H22ClF3N2O4. The van der Waals surface area contributed by atoms with Crippen LogP contribution in [-0.4, -0.2) is 32.1 Å². The van der Waals surface area contributed by atoms with Gasteiger partial charge in [0, 0.05) is 17.5 Å². The van der Waals surface area contributed by atoms with Crippen LogP contribution in [0.2, 0.25) is 5.02 Å². The Balaban J connectivity index is 2.18. The van der Waals surface area contributed by atoms with Gasteiger partial charge in [-0.3, -0.25) is 9.59 Å². The standard InChI is InChI=1S/C21H22ClF3N2O4/c1-20(2,13-5-4-6-14(9-13)21(23,24)25)11-27-19(29)12-7-15(22)18(16(8-12)30-3)31-10-17(26)28/h4-9H,10-11H2,1-3H3,(H2,26,28)(H,27,29). The highest BCUT2D eigenvalue weighted by Gasteiger charge is 2.32. The van der Waals surface area contributed by atoms with E-state index >= 15 is 0 Å². The van der Waals surface area contributed by atoms with Crippen molar-refractivity contribution < 1.29 is 32.2 Å². The second kappa shape index (κ2) is 9.47. The molecule has 0 aliphatic rings. The Labute approximate surface area is 182 Å². The summed E-state index contributed by atoms with van der Waals surface area (Å²) < 4.78 is 49.4. The number of ether oxygens (including phenoxy) is 2. The summed E-state index contributed by atoms with van der Waals surface area (Å²) in [5.41, 5.74) is 4.08. The molecule has 0 bridgehead atoms. The monoisotopic (exact) mass is 458 g/mol. The zero-order valence-electron chi connectivity index (χ0n) is 17.1. The van der Waals surface area contributed by atoms with Crippen LogP contribution < -0.4 is 20.5 Å². The van der Waals surface area contributed by atoms with Gasteiger partial charge in [0.15, 0.2) is 18.1 Å². The van der Waals surface area contributed by atoms with Crippen molar-refractivity contribution in [3.63, 3.8) is 0 Å². The molecule has 0 atom stereocenters. The Morgan fingerprint density at radius 1 is 1.13 bits per heavy atom. The van der Waals surface area contributed by atoms with Gasteiger partial charge in [0.05, 0.1) is 17.7 Å². The van der Waals surface area contributed by atoms with Gasteiger partial charge in [-0.1, -0.05) is 43.6 Å². The molecule has 0 aromatic heterocycles. The minimum atomic E-state index is -4.46. The number of nitrogens with one attached hydrogen (secondary N) is 1. The molecule has 2 rings (SSSR count). The number of methoxy groups -OCH3 is 1. The lowest BCUT2D eigenvalue weighted by atomic mass is 9.83. The van der Waals surface area contributed by atoms with E-state index in [4.69, 9.17) is 26.8 Å². The van der Waals surface area contributed by atoms with E-state index in [9.17, 15) is 22.8 Å². The number of nitrogens with two attached hydrogens (primary N) is 1. The third-order valence-electron chi connectivity index (χ3n) is 4.51. The average Bonchev–Trinajstić information content (AvgIpc) is 2.69. The third kappa shape index (κ3) is 6.27. The molecule has 0 spiro atoms. The second-order valence-corrected chi connectivity index (χ2v) is 7.80. The minimum Gasteiger partial charge on any atom is -0.493 e. The fourth-order valence-electron chi connectivity index (χ4n) is 2.76. The highest BCUT2D eigenvalue weighted by molar-refractivity contribution is 6.32. The maximum absolute atomic E-state index is 13.0. The van der Waals surface area contributed by atoms with Crippen molar-refractivity contribution in [3.05, 3.63) is 58.1 Å². The zero-order chi connectivity index (χ0) is 23.4. The highest BCUT2D eigenvalue weighted by Crippen LogP contribution is 2.37. The minimum absolute atomic E-state index is 0.0305. The SMILES string of the molecule is COc1cc(C(=O)NCC(C)(C)c2cccc(C(F)(F)F)c2)cc(Cl)c1OCC(N)=O. The summed E-state index contributed by atoms with van der Waals surface area (Å²) in [6.07, 6.45) is -4.46. The molecule has 0 unspecified atom stereocenters. The smallest absolute Gasteiger partial charge is 0.416 e. The van der Waals surface area contributed by atoms with Crippen molar-refractivity contribution in [2.45, 2.75) is 25.4 Å². The number of primary amides is 1. The first-order valence-electron chi connectivity index (χ1n) is 9.09. The fourth-order valence-corrected chi connectivity index (χ4v) is 3.02. The molecule has 0 aliphatic carbocycles. The Kier molecular flexibility index (Phi) is 7.43. The predicted molar refractivity (Wildman–Crippen MR) is 109 cm³/mol. The summed E-state index contributed by atoms with van der Waals surface area (Å²) in [6, 6.07) is 7.66. The van der Waals surface area contributed by atoms with Crippen LogP contribution in [0.3, 0.4) is 0 Å². The summed E-state index contributed by atoms with van der Waals surface area (Å²) in [6.45, 7) is 3.08. The zero-order valence-corrected chi connectivity index (χ0v) is 17.9. The van der Waals surface area contributed by atoms with E-state index in [1.54, 1.807) is 19.9 Å². The Morgan fingerprint density at radius 2 is 1.77 bits per heavy atom. The molecule has 10 heteroatoms. The number of carbonyl (C=O) groups excluding carboxylic acids is 2. The number of halogens is 4. The molecule has 6 nitrogen and oxygen atoms in total. The third-order valence-corrected chi connectivity index (χ3v) is 4.79. The number of hydrogen-bond acceptors (Lipinski definition) is 4. The van der Waals surface area contributed by atoms with E-state index in [0.29, 0.717) is 5.56 Å². The van der Waals surface area contributed by atoms with Crippen molar-refractivity contribution in [2.75, 3.05) is 20.3 Å². The lowest BCUT2D eigenvalue weighted by molar-refractivity contribution is -0.137. The Bertz CT molecular complexity index is 978. The maximum Gasteiger partial charge on any atom is 0.416 e. The molecule has 2 aromatic rings. The van der Waals surface area contributed by atoms with Crippen molar-refractivity contribution >= 4 is 23.4 Å². The summed E-state index contributed by atoms with van der Waals surface area (Å²) in [4.78, 5) is 23.5. The molecule has 31 heavy (non-hydrogen) atoms. The van der Waals surface area contributed by atoms with Crippen LogP contribution in [-0.2, 0) is 16.4 Å². The molecular weight excluding hydrogens is 437 g/mol. The van der Waals surface area contributed by atoms with Gasteiger partial charge in [-0.2, -0.15) is 13.2 Å².